The Morgan fingerprint density at radius 1 is 0.951 bits per heavy atom. The van der Waals surface area contributed by atoms with Crippen molar-refractivity contribution in [2.75, 3.05) is 20.2 Å². The summed E-state index contributed by atoms with van der Waals surface area (Å²) in [5.41, 5.74) is 6.41. The van der Waals surface area contributed by atoms with E-state index in [1.807, 2.05) is 53.3 Å². The van der Waals surface area contributed by atoms with Crippen LogP contribution in [0.25, 0.3) is 11.8 Å². The van der Waals surface area contributed by atoms with E-state index in [9.17, 15) is 8.42 Å². The molecule has 0 N–H and O–H groups in total. The van der Waals surface area contributed by atoms with Crippen molar-refractivity contribution in [3.05, 3.63) is 113 Å². The van der Waals surface area contributed by atoms with Gasteiger partial charge in [-0.2, -0.15) is 9.40 Å². The van der Waals surface area contributed by atoms with Crippen LogP contribution in [0.2, 0.25) is 0 Å². The largest absolute Gasteiger partial charge is 0.497 e. The zero-order valence-electron chi connectivity index (χ0n) is 24.2. The average molecular weight is 568 g/mol. The number of fused-ring (bicyclic) bond motifs is 2. The van der Waals surface area contributed by atoms with Crippen LogP contribution in [-0.4, -0.2) is 42.7 Å². The number of nitrogens with zero attached hydrogens (tertiary/aromatic N) is 3. The van der Waals surface area contributed by atoms with Gasteiger partial charge >= 0.3 is 0 Å². The van der Waals surface area contributed by atoms with Gasteiger partial charge < -0.3 is 4.74 Å². The van der Waals surface area contributed by atoms with E-state index in [1.54, 1.807) is 23.5 Å². The van der Waals surface area contributed by atoms with Gasteiger partial charge in [-0.1, -0.05) is 68.8 Å². The molecule has 2 heterocycles. The highest BCUT2D eigenvalue weighted by Crippen LogP contribution is 2.47. The lowest BCUT2D eigenvalue weighted by Crippen LogP contribution is -2.50. The third kappa shape index (κ3) is 5.13. The minimum atomic E-state index is -3.65. The number of sulfonamides is 1. The molecule has 0 saturated carbocycles. The number of benzene rings is 3. The van der Waals surface area contributed by atoms with Crippen LogP contribution in [0.5, 0.6) is 5.75 Å². The van der Waals surface area contributed by atoms with Gasteiger partial charge in [0.25, 0.3) is 0 Å². The van der Waals surface area contributed by atoms with E-state index in [2.05, 4.69) is 51.1 Å². The molecule has 212 valence electrons. The molecular formula is C34H37N3O3S. The van der Waals surface area contributed by atoms with Gasteiger partial charge in [0.05, 0.1) is 29.6 Å². The van der Waals surface area contributed by atoms with Gasteiger partial charge in [0.2, 0.25) is 10.0 Å². The van der Waals surface area contributed by atoms with Crippen LogP contribution in [0, 0.1) is 5.41 Å². The smallest absolute Gasteiger partial charge is 0.243 e. The first-order chi connectivity index (χ1) is 19.6. The molecule has 0 spiro atoms. The van der Waals surface area contributed by atoms with Crippen molar-refractivity contribution < 1.29 is 13.2 Å². The lowest BCUT2D eigenvalue weighted by atomic mass is 9.66. The second-order valence-corrected chi connectivity index (χ2v) is 14.3. The maximum absolute atomic E-state index is 14.0. The minimum absolute atomic E-state index is 0.0388. The van der Waals surface area contributed by atoms with E-state index < -0.39 is 10.0 Å². The fourth-order valence-corrected chi connectivity index (χ4v) is 7.79. The fourth-order valence-electron chi connectivity index (χ4n) is 6.26. The minimum Gasteiger partial charge on any atom is -0.497 e. The lowest BCUT2D eigenvalue weighted by Gasteiger charge is -2.46. The van der Waals surface area contributed by atoms with Gasteiger partial charge in [0.15, 0.2) is 0 Å². The van der Waals surface area contributed by atoms with Gasteiger partial charge in [-0.3, -0.25) is 0 Å². The average Bonchev–Trinajstić information content (AvgIpc) is 3.37. The molecule has 3 aromatic carbocycles. The number of hydrogen-bond acceptors (Lipinski definition) is 4. The summed E-state index contributed by atoms with van der Waals surface area (Å²) in [5, 5.41) is 4.76. The van der Waals surface area contributed by atoms with Gasteiger partial charge in [-0.25, -0.2) is 13.1 Å². The number of hydrogen-bond donors (Lipinski definition) is 0. The monoisotopic (exact) mass is 567 g/mol. The molecule has 1 aliphatic heterocycles. The van der Waals surface area contributed by atoms with Gasteiger partial charge in [-0.15, -0.1) is 0 Å². The highest BCUT2D eigenvalue weighted by Gasteiger charge is 2.46. The van der Waals surface area contributed by atoms with Gasteiger partial charge in [0, 0.05) is 18.5 Å². The van der Waals surface area contributed by atoms with E-state index in [4.69, 9.17) is 9.84 Å². The van der Waals surface area contributed by atoms with Crippen molar-refractivity contribution in [2.45, 2.75) is 50.3 Å². The Hall–Kier alpha value is -3.68. The van der Waals surface area contributed by atoms with E-state index in [0.717, 1.165) is 41.1 Å². The van der Waals surface area contributed by atoms with Crippen molar-refractivity contribution in [1.82, 2.24) is 14.1 Å². The Labute approximate surface area is 243 Å². The van der Waals surface area contributed by atoms with Crippen LogP contribution < -0.4 is 4.74 Å². The second-order valence-electron chi connectivity index (χ2n) is 12.3. The first-order valence-electron chi connectivity index (χ1n) is 14.2. The number of ether oxygens (including phenoxy) is 1. The summed E-state index contributed by atoms with van der Waals surface area (Å²) in [6.45, 7) is 7.30. The first-order valence-corrected chi connectivity index (χ1v) is 15.6. The molecular weight excluding hydrogens is 530 g/mol. The molecule has 4 aromatic rings. The summed E-state index contributed by atoms with van der Waals surface area (Å²) in [4.78, 5) is 0.358. The zero-order valence-corrected chi connectivity index (χ0v) is 25.0. The Balaban J connectivity index is 1.37. The summed E-state index contributed by atoms with van der Waals surface area (Å²) in [5.74, 6) is 0.802. The fraction of sp³-hybridized carbons (Fsp3) is 0.324. The molecule has 1 fully saturated rings. The van der Waals surface area contributed by atoms with Crippen molar-refractivity contribution in [3.63, 3.8) is 0 Å². The SMILES string of the molecule is COc1ccc(-n2ncc3c2C=C2CCN(S(=O)(=O)c4ccc(C(C)(C)C)cc4)CC2(Cc2ccccc2)C3)cc1. The Morgan fingerprint density at radius 3 is 2.32 bits per heavy atom. The van der Waals surface area contributed by atoms with Crippen LogP contribution in [0.4, 0.5) is 0 Å². The molecule has 2 aliphatic rings. The zero-order chi connectivity index (χ0) is 28.8. The molecule has 6 nitrogen and oxygen atoms in total. The summed E-state index contributed by atoms with van der Waals surface area (Å²) >= 11 is 0. The second kappa shape index (κ2) is 10.3. The van der Waals surface area contributed by atoms with Crippen LogP contribution >= 0.6 is 0 Å². The molecule has 41 heavy (non-hydrogen) atoms. The number of piperidine rings is 1. The Kier molecular flexibility index (Phi) is 6.91. The summed E-state index contributed by atoms with van der Waals surface area (Å²) in [7, 11) is -1.99. The number of methoxy groups -OCH3 is 1. The molecule has 0 amide bonds. The summed E-state index contributed by atoms with van der Waals surface area (Å²) in [6, 6.07) is 25.7. The molecule has 7 heteroatoms. The predicted octanol–water partition coefficient (Wildman–Crippen LogP) is 6.44. The molecule has 0 radical (unpaired) electrons. The first kappa shape index (κ1) is 27.5. The Bertz CT molecular complexity index is 1680. The van der Waals surface area contributed by atoms with E-state index in [-0.39, 0.29) is 10.8 Å². The highest BCUT2D eigenvalue weighted by molar-refractivity contribution is 7.89. The van der Waals surface area contributed by atoms with Crippen molar-refractivity contribution in [2.24, 2.45) is 5.41 Å². The molecule has 1 atom stereocenters. The van der Waals surface area contributed by atoms with Crippen molar-refractivity contribution in [1.29, 1.82) is 0 Å². The van der Waals surface area contributed by atoms with Crippen LogP contribution in [-0.2, 0) is 28.3 Å². The summed E-state index contributed by atoms with van der Waals surface area (Å²) < 4.78 is 37.0. The lowest BCUT2D eigenvalue weighted by molar-refractivity contribution is 0.209. The standard InChI is InChI=1S/C34H37N3O3S/c1-33(2,3)27-10-16-31(17-11-27)41(38,39)36-19-18-28-20-32-26(22-34(28,24-36)21-25-8-6-5-7-9-25)23-35-37(32)29-12-14-30(40-4)15-13-29/h5-17,20,23H,18-19,21-22,24H2,1-4H3. The molecule has 6 rings (SSSR count). The number of rotatable bonds is 6. The van der Waals surface area contributed by atoms with Crippen LogP contribution in [0.3, 0.4) is 0 Å². The maximum atomic E-state index is 14.0. The predicted molar refractivity (Wildman–Crippen MR) is 163 cm³/mol. The quantitative estimate of drug-likeness (QED) is 0.269. The molecule has 0 bridgehead atoms. The van der Waals surface area contributed by atoms with Gasteiger partial charge in [0.1, 0.15) is 5.75 Å². The van der Waals surface area contributed by atoms with E-state index in [1.165, 1.54) is 11.1 Å². The maximum Gasteiger partial charge on any atom is 0.243 e. The van der Waals surface area contributed by atoms with Gasteiger partial charge in [-0.05, 0) is 83.8 Å². The molecule has 1 saturated heterocycles. The topological polar surface area (TPSA) is 64.4 Å². The van der Waals surface area contributed by atoms with Crippen LogP contribution in [0.1, 0.15) is 49.6 Å². The van der Waals surface area contributed by atoms with Crippen molar-refractivity contribution in [3.8, 4) is 11.4 Å². The summed E-state index contributed by atoms with van der Waals surface area (Å²) in [6.07, 6.45) is 6.38. The highest BCUT2D eigenvalue weighted by atomic mass is 32.2. The molecule has 1 unspecified atom stereocenters. The van der Waals surface area contributed by atoms with Crippen molar-refractivity contribution >= 4 is 16.1 Å². The van der Waals surface area contributed by atoms with E-state index in [0.29, 0.717) is 24.4 Å². The number of aromatic nitrogens is 2. The molecule has 1 aliphatic carbocycles. The van der Waals surface area contributed by atoms with E-state index >= 15 is 0 Å². The Morgan fingerprint density at radius 2 is 1.66 bits per heavy atom. The third-order valence-electron chi connectivity index (χ3n) is 8.58. The normalized spacial score (nSPS) is 19.3. The molecule has 1 aromatic heterocycles. The van der Waals surface area contributed by atoms with Crippen LogP contribution in [0.15, 0.2) is 95.5 Å². The third-order valence-corrected chi connectivity index (χ3v) is 10.4.